The Morgan fingerprint density at radius 3 is 1.26 bits per heavy atom. The summed E-state index contributed by atoms with van der Waals surface area (Å²) in [7, 11) is 0. The fourth-order valence-corrected chi connectivity index (χ4v) is 8.30. The summed E-state index contributed by atoms with van der Waals surface area (Å²) in [5.74, 6) is 1.05. The lowest BCUT2D eigenvalue weighted by atomic mass is 9.78. The minimum atomic E-state index is 0.387. The van der Waals surface area contributed by atoms with Crippen molar-refractivity contribution in [3.05, 3.63) is 107 Å². The van der Waals surface area contributed by atoms with Gasteiger partial charge in [0.25, 0.3) is 0 Å². The summed E-state index contributed by atoms with van der Waals surface area (Å²) < 4.78 is 0. The van der Waals surface area contributed by atoms with E-state index in [2.05, 4.69) is 176 Å². The van der Waals surface area contributed by atoms with E-state index in [0.717, 1.165) is 12.3 Å². The zero-order valence-electron chi connectivity index (χ0n) is 41.4. The van der Waals surface area contributed by atoms with E-state index < -0.39 is 0 Å². The van der Waals surface area contributed by atoms with Crippen LogP contribution in [0.4, 0.5) is 0 Å². The minimum Gasteiger partial charge on any atom is -0.0654 e. The van der Waals surface area contributed by atoms with Gasteiger partial charge < -0.3 is 0 Å². The van der Waals surface area contributed by atoms with E-state index in [0.29, 0.717) is 21.7 Å². The molecule has 0 heteroatoms. The maximum atomic E-state index is 2.36. The summed E-state index contributed by atoms with van der Waals surface area (Å²) in [5.41, 5.74) is 9.27. The summed E-state index contributed by atoms with van der Waals surface area (Å²) >= 11 is 0. The number of benzene rings is 3. The standard InChI is InChI=1S/2C18H30.C11H22.C11H16/c1-5-6-7-8-9-12-16-13-10-11-14-17(16)15-18(2,3)4;1-5-6-7-8-9-10-16-11-13-17(14-12-16)15-18(2,3)4;2*1-11(2,3)9-10-7-5-4-6-8-10/h10-11,13-14H,5-9,12,15H2,1-4H3;11-14H,5-10,15H2,1-4H3;10H,4-9H2,1-3H3;4-8H,9H2,1-3H3. The van der Waals surface area contributed by atoms with E-state index in [1.807, 2.05) is 0 Å². The SMILES string of the molecule is CC(C)(C)CC1CCCCC1.CC(C)(C)Cc1ccccc1.CCCCCCCc1ccc(CC(C)(C)C)cc1.CCCCCCCc1ccccc1CC(C)(C)C. The van der Waals surface area contributed by atoms with Crippen LogP contribution in [0.2, 0.25) is 0 Å². The molecule has 0 unspecified atom stereocenters. The molecule has 0 aromatic heterocycles. The van der Waals surface area contributed by atoms with Crippen LogP contribution in [0.15, 0.2) is 78.9 Å². The third-order valence-corrected chi connectivity index (χ3v) is 10.9. The van der Waals surface area contributed by atoms with E-state index in [4.69, 9.17) is 0 Å². The first-order chi connectivity index (χ1) is 27.2. The molecule has 4 rings (SSSR count). The Kier molecular flexibility index (Phi) is 26.8. The molecule has 0 saturated heterocycles. The van der Waals surface area contributed by atoms with Crippen molar-refractivity contribution in [3.63, 3.8) is 0 Å². The van der Waals surface area contributed by atoms with Gasteiger partial charge in [-0.2, -0.15) is 0 Å². The molecule has 3 aromatic rings. The summed E-state index contributed by atoms with van der Waals surface area (Å²) in [5, 5.41) is 0. The predicted octanol–water partition coefficient (Wildman–Crippen LogP) is 18.9. The molecule has 0 aliphatic heterocycles. The Balaban J connectivity index is 0.000000397. The summed E-state index contributed by atoms with van der Waals surface area (Å²) in [6.07, 6.45) is 28.6. The molecule has 0 atom stereocenters. The van der Waals surface area contributed by atoms with Crippen LogP contribution in [0.25, 0.3) is 0 Å². The summed E-state index contributed by atoms with van der Waals surface area (Å²) in [4.78, 5) is 0. The van der Waals surface area contributed by atoms with Gasteiger partial charge in [-0.25, -0.2) is 0 Å². The molecule has 1 saturated carbocycles. The van der Waals surface area contributed by atoms with Crippen molar-refractivity contribution < 1.29 is 0 Å². The van der Waals surface area contributed by atoms with Crippen LogP contribution in [0.3, 0.4) is 0 Å². The smallest absolute Gasteiger partial charge is 0.0227 e. The molecule has 0 amide bonds. The maximum Gasteiger partial charge on any atom is -0.0227 e. The molecule has 1 fully saturated rings. The van der Waals surface area contributed by atoms with Crippen molar-refractivity contribution in [2.24, 2.45) is 27.6 Å². The average molecular weight is 795 g/mol. The van der Waals surface area contributed by atoms with Crippen molar-refractivity contribution in [1.82, 2.24) is 0 Å². The topological polar surface area (TPSA) is 0 Å². The molecular weight excluding hydrogens is 697 g/mol. The fourth-order valence-electron chi connectivity index (χ4n) is 8.30. The Bertz CT molecular complexity index is 1370. The van der Waals surface area contributed by atoms with Crippen molar-refractivity contribution >= 4 is 0 Å². The molecule has 0 radical (unpaired) electrons. The minimum absolute atomic E-state index is 0.387. The molecule has 0 N–H and O–H groups in total. The van der Waals surface area contributed by atoms with E-state index in [1.54, 1.807) is 11.1 Å². The van der Waals surface area contributed by atoms with Gasteiger partial charge in [-0.1, -0.05) is 259 Å². The number of rotatable bonds is 16. The van der Waals surface area contributed by atoms with Gasteiger partial charge in [0.2, 0.25) is 0 Å². The van der Waals surface area contributed by atoms with Crippen LogP contribution in [0.5, 0.6) is 0 Å². The Morgan fingerprint density at radius 2 is 0.793 bits per heavy atom. The third kappa shape index (κ3) is 31.6. The monoisotopic (exact) mass is 795 g/mol. The maximum absolute atomic E-state index is 2.36. The number of hydrogen-bond donors (Lipinski definition) is 0. The molecule has 1 aliphatic rings. The molecule has 0 bridgehead atoms. The van der Waals surface area contributed by atoms with Gasteiger partial charge in [-0.15, -0.1) is 0 Å². The van der Waals surface area contributed by atoms with Crippen LogP contribution >= 0.6 is 0 Å². The van der Waals surface area contributed by atoms with Crippen molar-refractivity contribution in [3.8, 4) is 0 Å². The fraction of sp³-hybridized carbons (Fsp3) is 0.690. The number of hydrogen-bond acceptors (Lipinski definition) is 0. The van der Waals surface area contributed by atoms with E-state index in [-0.39, 0.29) is 0 Å². The normalized spacial score (nSPS) is 13.7. The second-order valence-electron chi connectivity index (χ2n) is 22.9. The van der Waals surface area contributed by atoms with Crippen molar-refractivity contribution in [2.45, 2.75) is 232 Å². The molecule has 0 heterocycles. The van der Waals surface area contributed by atoms with Crippen molar-refractivity contribution in [1.29, 1.82) is 0 Å². The molecule has 0 spiro atoms. The van der Waals surface area contributed by atoms with Gasteiger partial charge in [0.1, 0.15) is 0 Å². The highest BCUT2D eigenvalue weighted by molar-refractivity contribution is 5.28. The van der Waals surface area contributed by atoms with Gasteiger partial charge in [0.15, 0.2) is 0 Å². The van der Waals surface area contributed by atoms with Crippen LogP contribution in [-0.4, -0.2) is 0 Å². The predicted molar refractivity (Wildman–Crippen MR) is 264 cm³/mol. The highest BCUT2D eigenvalue weighted by Gasteiger charge is 2.20. The van der Waals surface area contributed by atoms with Crippen molar-refractivity contribution in [2.75, 3.05) is 0 Å². The quantitative estimate of drug-likeness (QED) is 0.127. The highest BCUT2D eigenvalue weighted by Crippen LogP contribution is 2.34. The first-order valence-electron chi connectivity index (χ1n) is 24.4. The lowest BCUT2D eigenvalue weighted by molar-refractivity contribution is 0.240. The van der Waals surface area contributed by atoms with Crippen LogP contribution in [0.1, 0.15) is 227 Å². The Labute approximate surface area is 364 Å². The number of unbranched alkanes of at least 4 members (excludes halogenated alkanes) is 8. The second kappa shape index (κ2) is 29.0. The van der Waals surface area contributed by atoms with Gasteiger partial charge in [-0.3, -0.25) is 0 Å². The molecular formula is C58H98. The van der Waals surface area contributed by atoms with Gasteiger partial charge in [0, 0.05) is 0 Å². The Morgan fingerprint density at radius 1 is 0.379 bits per heavy atom. The average Bonchev–Trinajstić information content (AvgIpc) is 3.12. The summed E-state index contributed by atoms with van der Waals surface area (Å²) in [6, 6.07) is 28.9. The third-order valence-electron chi connectivity index (χ3n) is 10.9. The van der Waals surface area contributed by atoms with Crippen LogP contribution < -0.4 is 0 Å². The van der Waals surface area contributed by atoms with Gasteiger partial charge in [0.05, 0.1) is 0 Å². The zero-order valence-corrected chi connectivity index (χ0v) is 41.4. The van der Waals surface area contributed by atoms with Crippen LogP contribution in [0, 0.1) is 27.6 Å². The second-order valence-corrected chi connectivity index (χ2v) is 22.9. The largest absolute Gasteiger partial charge is 0.0654 e. The molecule has 1 aliphatic carbocycles. The first kappa shape index (κ1) is 53.7. The lowest BCUT2D eigenvalue weighted by Gasteiger charge is -2.28. The molecule has 3 aromatic carbocycles. The zero-order chi connectivity index (χ0) is 43.5. The molecule has 330 valence electrons. The van der Waals surface area contributed by atoms with E-state index in [9.17, 15) is 0 Å². The first-order valence-corrected chi connectivity index (χ1v) is 24.4. The number of aryl methyl sites for hydroxylation is 2. The molecule has 0 nitrogen and oxygen atoms in total. The highest BCUT2D eigenvalue weighted by atomic mass is 14.3. The molecule has 58 heavy (non-hydrogen) atoms. The van der Waals surface area contributed by atoms with E-state index in [1.165, 1.54) is 145 Å². The van der Waals surface area contributed by atoms with Crippen LogP contribution in [-0.2, 0) is 32.1 Å². The Hall–Kier alpha value is -2.34. The van der Waals surface area contributed by atoms with Gasteiger partial charge in [-0.05, 0) is 107 Å². The van der Waals surface area contributed by atoms with E-state index >= 15 is 0 Å². The lowest BCUT2D eigenvalue weighted by Crippen LogP contribution is -2.15. The summed E-state index contributed by atoms with van der Waals surface area (Å²) in [6.45, 7) is 32.3. The van der Waals surface area contributed by atoms with Gasteiger partial charge >= 0.3 is 0 Å².